The van der Waals surface area contributed by atoms with Crippen molar-refractivity contribution in [3.63, 3.8) is 0 Å². The molecule has 13 nitrogen and oxygen atoms in total. The lowest BCUT2D eigenvalue weighted by molar-refractivity contribution is -0.870. The molecule has 1 N–H and O–H groups in total. The zero-order valence-electron chi connectivity index (χ0n) is 38.1. The SMILES string of the molecule is CCCCCCCCCCCCCCCCCC(=O)OCC(COP(=O)([O-])OCC[N+](C)(C)C)OC(=O)CCC/C=C\CC1C2CC(OO2)C1/C=C/C(CCCCC)OO. The number of hydrogen-bond donors (Lipinski definition) is 1. The number of phosphoric acid groups is 1. The smallest absolute Gasteiger partial charge is 0.306 e. The van der Waals surface area contributed by atoms with Crippen molar-refractivity contribution in [2.75, 3.05) is 47.5 Å². The number of esters is 2. The Bertz CT molecular complexity index is 1230. The molecule has 1 heterocycles. The fraction of sp³-hybridized carbons (Fsp3) is 0.870. The quantitative estimate of drug-likeness (QED) is 0.0119. The molecule has 1 aliphatic heterocycles. The van der Waals surface area contributed by atoms with Crippen molar-refractivity contribution in [1.82, 2.24) is 0 Å². The first-order valence-corrected chi connectivity index (χ1v) is 25.0. The number of likely N-dealkylation sites (N-methyl/N-ethyl adjacent to an activating group) is 1. The van der Waals surface area contributed by atoms with Gasteiger partial charge in [-0.2, -0.15) is 0 Å². The van der Waals surface area contributed by atoms with Gasteiger partial charge in [0.15, 0.2) is 6.10 Å². The van der Waals surface area contributed by atoms with E-state index in [1.165, 1.54) is 70.6 Å². The Balaban J connectivity index is 1.73. The van der Waals surface area contributed by atoms with Crippen LogP contribution in [0.15, 0.2) is 24.3 Å². The van der Waals surface area contributed by atoms with Crippen LogP contribution in [0.1, 0.15) is 174 Å². The molecule has 0 aromatic heterocycles. The predicted molar refractivity (Wildman–Crippen MR) is 233 cm³/mol. The Morgan fingerprint density at radius 1 is 0.767 bits per heavy atom. The molecule has 0 aromatic rings. The summed E-state index contributed by atoms with van der Waals surface area (Å²) in [6.45, 7) is 3.95. The van der Waals surface area contributed by atoms with E-state index < -0.39 is 32.5 Å². The van der Waals surface area contributed by atoms with Gasteiger partial charge in [0.1, 0.15) is 32.0 Å². The normalized spacial score (nSPS) is 21.2. The zero-order chi connectivity index (χ0) is 43.9. The van der Waals surface area contributed by atoms with Gasteiger partial charge in [0.2, 0.25) is 0 Å². The van der Waals surface area contributed by atoms with Gasteiger partial charge < -0.3 is 27.9 Å². The Morgan fingerprint density at radius 2 is 1.35 bits per heavy atom. The summed E-state index contributed by atoms with van der Waals surface area (Å²) in [5, 5.41) is 9.36. The molecule has 2 fully saturated rings. The van der Waals surface area contributed by atoms with Crippen molar-refractivity contribution in [3.8, 4) is 0 Å². The second-order valence-corrected chi connectivity index (χ2v) is 19.4. The van der Waals surface area contributed by atoms with Crippen LogP contribution in [0.2, 0.25) is 0 Å². The van der Waals surface area contributed by atoms with Crippen LogP contribution < -0.4 is 4.89 Å². The molecule has 2 aliphatic rings. The van der Waals surface area contributed by atoms with Gasteiger partial charge in [0.25, 0.3) is 7.82 Å². The highest BCUT2D eigenvalue weighted by Crippen LogP contribution is 2.45. The van der Waals surface area contributed by atoms with Crippen LogP contribution in [0.25, 0.3) is 0 Å². The summed E-state index contributed by atoms with van der Waals surface area (Å²) in [7, 11) is 1.06. The van der Waals surface area contributed by atoms with E-state index in [2.05, 4.69) is 26.0 Å². The maximum absolute atomic E-state index is 12.9. The van der Waals surface area contributed by atoms with E-state index >= 15 is 0 Å². The van der Waals surface area contributed by atoms with Crippen LogP contribution in [0.4, 0.5) is 0 Å². The minimum atomic E-state index is -4.68. The molecular formula is C46H84NO12P. The van der Waals surface area contributed by atoms with Crippen molar-refractivity contribution in [2.24, 2.45) is 11.8 Å². The average Bonchev–Trinajstić information content (AvgIpc) is 3.82. The fourth-order valence-corrected chi connectivity index (χ4v) is 8.41. The van der Waals surface area contributed by atoms with E-state index in [9.17, 15) is 24.3 Å². The lowest BCUT2D eigenvalue weighted by atomic mass is 9.89. The molecule has 2 rings (SSSR count). The molecule has 1 aliphatic carbocycles. The molecule has 60 heavy (non-hydrogen) atoms. The first-order valence-electron chi connectivity index (χ1n) is 23.6. The third kappa shape index (κ3) is 26.7. The van der Waals surface area contributed by atoms with E-state index in [0.29, 0.717) is 30.3 Å². The second-order valence-electron chi connectivity index (χ2n) is 18.0. The monoisotopic (exact) mass is 874 g/mol. The van der Waals surface area contributed by atoms with Crippen LogP contribution in [-0.4, -0.2) is 93.6 Å². The van der Waals surface area contributed by atoms with Crippen LogP contribution >= 0.6 is 7.82 Å². The van der Waals surface area contributed by atoms with E-state index in [1.807, 2.05) is 33.3 Å². The molecule has 7 atom stereocenters. The molecule has 0 radical (unpaired) electrons. The number of quaternary nitrogens is 1. The number of phosphoric ester groups is 1. The maximum atomic E-state index is 12.9. The van der Waals surface area contributed by atoms with Crippen molar-refractivity contribution in [3.05, 3.63) is 24.3 Å². The molecule has 2 bridgehead atoms. The molecule has 0 aromatic carbocycles. The summed E-state index contributed by atoms with van der Waals surface area (Å²) in [6.07, 6.45) is 32.2. The minimum absolute atomic E-state index is 0.00247. The molecular weight excluding hydrogens is 789 g/mol. The van der Waals surface area contributed by atoms with Crippen molar-refractivity contribution in [2.45, 2.75) is 199 Å². The predicted octanol–water partition coefficient (Wildman–Crippen LogP) is 10.4. The van der Waals surface area contributed by atoms with E-state index in [4.69, 9.17) is 33.2 Å². The molecule has 0 spiro atoms. The molecule has 0 amide bonds. The first kappa shape index (κ1) is 54.5. The topological polar surface area (TPSA) is 159 Å². The lowest BCUT2D eigenvalue weighted by Crippen LogP contribution is -2.37. The molecule has 350 valence electrons. The Hall–Kier alpha value is -1.67. The Kier molecular flexibility index (Phi) is 29.9. The standard InChI is InChI=1S/C46H84NO12P/c1-6-8-10-11-12-13-14-15-16-17-18-19-20-21-26-30-45(48)53-37-40(38-55-60(51,52)54-35-34-47(3,4)5)56-46(49)31-27-23-22-25-29-41-42(44-36-43(41)58-59-44)33-32-39(57-50)28-24-9-7-2/h22,25,32-33,39-44H,6-21,23-24,26-31,34-38H2,1-5H3,(H-,50,51,52)/b25-22-,33-32+. The van der Waals surface area contributed by atoms with E-state index in [0.717, 1.165) is 57.8 Å². The summed E-state index contributed by atoms with van der Waals surface area (Å²) in [4.78, 5) is 53.6. The number of ether oxygens (including phenoxy) is 2. The average molecular weight is 874 g/mol. The van der Waals surface area contributed by atoms with E-state index in [-0.39, 0.29) is 56.2 Å². The maximum Gasteiger partial charge on any atom is 0.306 e. The molecule has 1 saturated heterocycles. The number of fused-ring (bicyclic) bond motifs is 2. The summed E-state index contributed by atoms with van der Waals surface area (Å²) < 4.78 is 34.0. The highest BCUT2D eigenvalue weighted by Gasteiger charge is 2.49. The van der Waals surface area contributed by atoms with Gasteiger partial charge in [-0.05, 0) is 32.1 Å². The van der Waals surface area contributed by atoms with Crippen LogP contribution in [-0.2, 0) is 47.3 Å². The van der Waals surface area contributed by atoms with Gasteiger partial charge in [-0.1, -0.05) is 147 Å². The van der Waals surface area contributed by atoms with Gasteiger partial charge in [0.05, 0.1) is 33.9 Å². The third-order valence-corrected chi connectivity index (χ3v) is 12.4. The second kappa shape index (κ2) is 32.9. The molecule has 1 saturated carbocycles. The molecule has 7 unspecified atom stereocenters. The third-order valence-electron chi connectivity index (χ3n) is 11.4. The summed E-state index contributed by atoms with van der Waals surface area (Å²) in [6, 6.07) is 0. The van der Waals surface area contributed by atoms with Crippen molar-refractivity contribution in [1.29, 1.82) is 0 Å². The highest BCUT2D eigenvalue weighted by atomic mass is 31.2. The zero-order valence-corrected chi connectivity index (χ0v) is 39.0. The van der Waals surface area contributed by atoms with Gasteiger partial charge >= 0.3 is 11.9 Å². The van der Waals surface area contributed by atoms with E-state index in [1.54, 1.807) is 0 Å². The van der Waals surface area contributed by atoms with Gasteiger partial charge in [0, 0.05) is 31.1 Å². The van der Waals surface area contributed by atoms with Gasteiger partial charge in [-0.25, -0.2) is 14.7 Å². The van der Waals surface area contributed by atoms with Gasteiger partial charge in [-0.3, -0.25) is 19.4 Å². The molecule has 14 heteroatoms. The number of carbonyl (C=O) groups excluding carboxylic acids is 2. The Morgan fingerprint density at radius 3 is 1.97 bits per heavy atom. The number of carbonyl (C=O) groups is 2. The van der Waals surface area contributed by atoms with Crippen LogP contribution in [0.5, 0.6) is 0 Å². The fourth-order valence-electron chi connectivity index (χ4n) is 7.68. The first-order chi connectivity index (χ1) is 28.9. The lowest BCUT2D eigenvalue weighted by Gasteiger charge is -2.28. The number of allylic oxidation sites excluding steroid dienone is 2. The van der Waals surface area contributed by atoms with Crippen molar-refractivity contribution >= 4 is 19.8 Å². The van der Waals surface area contributed by atoms with Gasteiger partial charge in [-0.15, -0.1) is 0 Å². The summed E-state index contributed by atoms with van der Waals surface area (Å²) >= 11 is 0. The number of unbranched alkanes of at least 4 members (excludes halogenated alkanes) is 17. The number of nitrogens with zero attached hydrogens (tertiary/aromatic N) is 1. The number of rotatable bonds is 39. The van der Waals surface area contributed by atoms with Crippen molar-refractivity contribution < 1.29 is 62.0 Å². The minimum Gasteiger partial charge on any atom is -0.756 e. The number of hydrogen-bond acceptors (Lipinski definition) is 12. The van der Waals surface area contributed by atoms with Crippen LogP contribution in [0.3, 0.4) is 0 Å². The Labute approximate surface area is 363 Å². The summed E-state index contributed by atoms with van der Waals surface area (Å²) in [5.74, 6) is -0.575. The summed E-state index contributed by atoms with van der Waals surface area (Å²) in [5.41, 5.74) is 0. The highest BCUT2D eigenvalue weighted by molar-refractivity contribution is 7.45. The largest absolute Gasteiger partial charge is 0.756 e. The van der Waals surface area contributed by atoms with Crippen LogP contribution in [0, 0.1) is 11.8 Å².